The zero-order valence-corrected chi connectivity index (χ0v) is 19.3. The largest absolute Gasteiger partial charge is 0.463 e. The minimum absolute atomic E-state index is 0.0385. The second kappa shape index (κ2) is 10.5. The average molecular weight is 525 g/mol. The second-order valence-corrected chi connectivity index (χ2v) is 8.53. The van der Waals surface area contributed by atoms with Gasteiger partial charge in [-0.3, -0.25) is 4.90 Å². The van der Waals surface area contributed by atoms with Crippen LogP contribution in [0, 0.1) is 5.82 Å². The molecule has 1 saturated heterocycles. The molecule has 0 amide bonds. The van der Waals surface area contributed by atoms with Crippen molar-refractivity contribution in [1.29, 1.82) is 0 Å². The van der Waals surface area contributed by atoms with Gasteiger partial charge < -0.3 is 9.47 Å². The van der Waals surface area contributed by atoms with Crippen molar-refractivity contribution in [3.8, 4) is 0 Å². The lowest BCUT2D eigenvalue weighted by Gasteiger charge is -2.41. The minimum atomic E-state index is -5.01. The quantitative estimate of drug-likeness (QED) is 0.247. The number of alkyl halides is 6. The Kier molecular flexibility index (Phi) is 7.61. The van der Waals surface area contributed by atoms with Crippen LogP contribution in [0.25, 0.3) is 5.76 Å². The lowest BCUT2D eigenvalue weighted by molar-refractivity contribution is -0.181. The fraction of sp³-hybridized carbons (Fsp3) is 0.259. The fourth-order valence-electron chi connectivity index (χ4n) is 4.13. The highest BCUT2D eigenvalue weighted by atomic mass is 19.4. The Morgan fingerprint density at radius 1 is 0.892 bits per heavy atom. The molecule has 0 saturated carbocycles. The molecule has 196 valence electrons. The smallest absolute Gasteiger partial charge is 0.416 e. The molecule has 0 N–H and O–H groups in total. The van der Waals surface area contributed by atoms with Crippen molar-refractivity contribution in [3.63, 3.8) is 0 Å². The monoisotopic (exact) mass is 525 g/mol. The van der Waals surface area contributed by atoms with Crippen molar-refractivity contribution in [2.75, 3.05) is 13.2 Å². The lowest BCUT2D eigenvalue weighted by Crippen LogP contribution is -2.45. The molecule has 1 heterocycles. The SMILES string of the molecule is C=C(OC1OCCN(Cc2ccccc2)C1c1ccc(F)cc1)c1cc(C(F)(F)F)cc(C(F)(F)F)c1. The Labute approximate surface area is 208 Å². The Balaban J connectivity index is 1.67. The van der Waals surface area contributed by atoms with E-state index < -0.39 is 53.0 Å². The third-order valence-corrected chi connectivity index (χ3v) is 5.92. The van der Waals surface area contributed by atoms with E-state index in [1.165, 1.54) is 24.3 Å². The Bertz CT molecular complexity index is 1190. The highest BCUT2D eigenvalue weighted by Gasteiger charge is 2.39. The van der Waals surface area contributed by atoms with Gasteiger partial charge in [-0.2, -0.15) is 26.3 Å². The molecule has 2 unspecified atom stereocenters. The van der Waals surface area contributed by atoms with Crippen LogP contribution < -0.4 is 0 Å². The van der Waals surface area contributed by atoms with Crippen LogP contribution in [0.2, 0.25) is 0 Å². The molecule has 1 fully saturated rings. The molecule has 1 aliphatic heterocycles. The van der Waals surface area contributed by atoms with Crippen molar-refractivity contribution in [1.82, 2.24) is 4.90 Å². The molecule has 1 aliphatic rings. The first-order chi connectivity index (χ1) is 17.4. The van der Waals surface area contributed by atoms with E-state index in [0.717, 1.165) is 5.56 Å². The molecule has 2 atom stereocenters. The number of morpholine rings is 1. The van der Waals surface area contributed by atoms with Crippen LogP contribution in [0.3, 0.4) is 0 Å². The molecule has 3 aromatic carbocycles. The van der Waals surface area contributed by atoms with Gasteiger partial charge in [0.15, 0.2) is 0 Å². The molecular weight excluding hydrogens is 503 g/mol. The van der Waals surface area contributed by atoms with E-state index in [-0.39, 0.29) is 12.7 Å². The molecular formula is C27H22F7NO2. The number of benzene rings is 3. The van der Waals surface area contributed by atoms with E-state index in [1.807, 2.05) is 35.2 Å². The highest BCUT2D eigenvalue weighted by Crippen LogP contribution is 2.39. The predicted octanol–water partition coefficient (Wildman–Crippen LogP) is 7.45. The van der Waals surface area contributed by atoms with Gasteiger partial charge in [0.1, 0.15) is 11.6 Å². The summed E-state index contributed by atoms with van der Waals surface area (Å²) in [6.45, 7) is 4.67. The van der Waals surface area contributed by atoms with Gasteiger partial charge in [-0.05, 0) is 41.5 Å². The van der Waals surface area contributed by atoms with Gasteiger partial charge in [-0.1, -0.05) is 49.0 Å². The molecule has 0 aliphatic carbocycles. The number of nitrogens with zero attached hydrogens (tertiary/aromatic N) is 1. The van der Waals surface area contributed by atoms with Crippen LogP contribution >= 0.6 is 0 Å². The van der Waals surface area contributed by atoms with Gasteiger partial charge in [0.05, 0.1) is 23.8 Å². The summed E-state index contributed by atoms with van der Waals surface area (Å²) in [5, 5.41) is 0. The number of hydrogen-bond acceptors (Lipinski definition) is 3. The van der Waals surface area contributed by atoms with Crippen LogP contribution in [-0.2, 0) is 28.4 Å². The van der Waals surface area contributed by atoms with Crippen LogP contribution in [0.5, 0.6) is 0 Å². The normalized spacial score (nSPS) is 19.0. The van der Waals surface area contributed by atoms with Crippen LogP contribution in [0.4, 0.5) is 30.7 Å². The van der Waals surface area contributed by atoms with Crippen molar-refractivity contribution in [3.05, 3.63) is 113 Å². The van der Waals surface area contributed by atoms with Gasteiger partial charge in [-0.25, -0.2) is 4.39 Å². The zero-order chi connectivity index (χ0) is 26.8. The van der Waals surface area contributed by atoms with E-state index in [2.05, 4.69) is 6.58 Å². The van der Waals surface area contributed by atoms with E-state index in [4.69, 9.17) is 9.47 Å². The maximum Gasteiger partial charge on any atom is 0.416 e. The molecule has 3 nitrogen and oxygen atoms in total. The second-order valence-electron chi connectivity index (χ2n) is 8.53. The molecule has 10 heteroatoms. The minimum Gasteiger partial charge on any atom is -0.463 e. The molecule has 0 bridgehead atoms. The third-order valence-electron chi connectivity index (χ3n) is 5.92. The summed E-state index contributed by atoms with van der Waals surface area (Å²) in [5.41, 5.74) is -1.89. The third kappa shape index (κ3) is 6.50. The van der Waals surface area contributed by atoms with Crippen LogP contribution in [0.15, 0.2) is 79.4 Å². The van der Waals surface area contributed by atoms with Crippen molar-refractivity contribution < 1.29 is 40.2 Å². The number of rotatable bonds is 6. The van der Waals surface area contributed by atoms with E-state index in [1.54, 1.807) is 0 Å². The summed E-state index contributed by atoms with van der Waals surface area (Å²) < 4.78 is 105. The first kappa shape index (κ1) is 26.7. The van der Waals surface area contributed by atoms with Crippen LogP contribution in [0.1, 0.15) is 33.9 Å². The molecule has 0 spiro atoms. The van der Waals surface area contributed by atoms with Crippen molar-refractivity contribution >= 4 is 5.76 Å². The highest BCUT2D eigenvalue weighted by molar-refractivity contribution is 5.60. The summed E-state index contributed by atoms with van der Waals surface area (Å²) in [5.74, 6) is -0.893. The van der Waals surface area contributed by atoms with E-state index in [9.17, 15) is 30.7 Å². The maximum atomic E-state index is 13.6. The maximum absolute atomic E-state index is 13.6. The first-order valence-corrected chi connectivity index (χ1v) is 11.2. The van der Waals surface area contributed by atoms with Crippen molar-refractivity contribution in [2.45, 2.75) is 31.2 Å². The van der Waals surface area contributed by atoms with Gasteiger partial charge in [0.2, 0.25) is 6.29 Å². The first-order valence-electron chi connectivity index (χ1n) is 11.2. The Morgan fingerprint density at radius 2 is 1.49 bits per heavy atom. The lowest BCUT2D eigenvalue weighted by atomic mass is 10.0. The fourth-order valence-corrected chi connectivity index (χ4v) is 4.13. The summed E-state index contributed by atoms with van der Waals surface area (Å²) in [7, 11) is 0. The molecule has 4 rings (SSSR count). The predicted molar refractivity (Wildman–Crippen MR) is 122 cm³/mol. The van der Waals surface area contributed by atoms with E-state index >= 15 is 0 Å². The average Bonchev–Trinajstić information content (AvgIpc) is 2.84. The molecule has 37 heavy (non-hydrogen) atoms. The standard InChI is InChI=1S/C27H22F7NO2/c1-17(20-13-21(26(29,30)31)15-22(14-20)27(32,33)34)37-25-24(19-7-9-23(28)10-8-19)35(11-12-36-25)16-18-5-3-2-4-6-18/h2-10,13-15,24-25H,1,11-12,16H2. The topological polar surface area (TPSA) is 21.7 Å². The summed E-state index contributed by atoms with van der Waals surface area (Å²) in [6.07, 6.45) is -11.2. The molecule has 0 radical (unpaired) electrons. The van der Waals surface area contributed by atoms with Gasteiger partial charge in [-0.15, -0.1) is 0 Å². The molecule has 3 aromatic rings. The summed E-state index contributed by atoms with van der Waals surface area (Å²) >= 11 is 0. The zero-order valence-electron chi connectivity index (χ0n) is 19.3. The van der Waals surface area contributed by atoms with E-state index in [0.29, 0.717) is 30.8 Å². The number of hydrogen-bond donors (Lipinski definition) is 0. The Morgan fingerprint density at radius 3 is 2.05 bits per heavy atom. The summed E-state index contributed by atoms with van der Waals surface area (Å²) in [6, 6.07) is 15.4. The van der Waals surface area contributed by atoms with Gasteiger partial charge in [0, 0.05) is 18.7 Å². The number of ether oxygens (including phenoxy) is 2. The number of halogens is 7. The Hall–Kier alpha value is -3.37. The molecule has 0 aromatic heterocycles. The van der Waals surface area contributed by atoms with Gasteiger partial charge in [0.25, 0.3) is 0 Å². The summed E-state index contributed by atoms with van der Waals surface area (Å²) in [4.78, 5) is 1.98. The van der Waals surface area contributed by atoms with Crippen molar-refractivity contribution in [2.24, 2.45) is 0 Å². The van der Waals surface area contributed by atoms with Crippen LogP contribution in [-0.4, -0.2) is 24.3 Å². The van der Waals surface area contributed by atoms with Gasteiger partial charge >= 0.3 is 12.4 Å².